The second kappa shape index (κ2) is 7.82. The largest absolute Gasteiger partial charge is 0.481 e. The molecule has 1 aromatic carbocycles. The molecule has 0 radical (unpaired) electrons. The quantitative estimate of drug-likeness (QED) is 0.740. The highest BCUT2D eigenvalue weighted by atomic mass is 32.2. The Bertz CT molecular complexity index is 894. The van der Waals surface area contributed by atoms with Crippen molar-refractivity contribution in [1.82, 2.24) is 9.55 Å². The van der Waals surface area contributed by atoms with Crippen molar-refractivity contribution >= 4 is 16.8 Å². The molecular formula is C18H20N2O5S. The maximum Gasteiger partial charge on any atom is 0.361 e. The second-order valence-corrected chi connectivity index (χ2v) is 7.70. The molecule has 1 aromatic heterocycles. The van der Waals surface area contributed by atoms with E-state index in [-0.39, 0.29) is 31.2 Å². The Hall–Kier alpha value is -2.48. The molecule has 2 atom stereocenters. The lowest BCUT2D eigenvalue weighted by atomic mass is 10.2. The lowest BCUT2D eigenvalue weighted by Gasteiger charge is -2.24. The number of esters is 1. The molecule has 0 spiro atoms. The third-order valence-corrected chi connectivity index (χ3v) is 5.71. The van der Waals surface area contributed by atoms with E-state index in [4.69, 9.17) is 9.47 Å². The van der Waals surface area contributed by atoms with E-state index >= 15 is 0 Å². The molecule has 7 nitrogen and oxygen atoms in total. The molecule has 138 valence electrons. The summed E-state index contributed by atoms with van der Waals surface area (Å²) in [6.45, 7) is 3.96. The van der Waals surface area contributed by atoms with Crippen LogP contribution in [0.1, 0.15) is 41.0 Å². The summed E-state index contributed by atoms with van der Waals surface area (Å²) in [5.41, 5.74) is 0.251. The molecule has 0 aliphatic carbocycles. The first kappa shape index (κ1) is 18.3. The zero-order valence-electron chi connectivity index (χ0n) is 14.6. The SMILES string of the molecule is CCOC(=O)c1nc2n(c(=O)c1OCc1ccccc1)CCS(=O)C2C. The fourth-order valence-corrected chi connectivity index (χ4v) is 3.88. The molecule has 1 aliphatic heterocycles. The lowest BCUT2D eigenvalue weighted by molar-refractivity contribution is 0.0512. The Morgan fingerprint density at radius 1 is 1.35 bits per heavy atom. The van der Waals surface area contributed by atoms with Crippen LogP contribution in [0.3, 0.4) is 0 Å². The molecule has 1 aliphatic rings. The van der Waals surface area contributed by atoms with E-state index in [0.29, 0.717) is 11.6 Å². The zero-order valence-corrected chi connectivity index (χ0v) is 15.5. The van der Waals surface area contributed by atoms with Crippen molar-refractivity contribution < 1.29 is 18.5 Å². The third kappa shape index (κ3) is 3.55. The zero-order chi connectivity index (χ0) is 18.7. The minimum absolute atomic E-state index is 0.129. The van der Waals surface area contributed by atoms with Crippen molar-refractivity contribution in [1.29, 1.82) is 0 Å². The molecule has 3 rings (SSSR count). The summed E-state index contributed by atoms with van der Waals surface area (Å²) in [4.78, 5) is 29.5. The number of benzene rings is 1. The van der Waals surface area contributed by atoms with Gasteiger partial charge in [0, 0.05) is 23.1 Å². The van der Waals surface area contributed by atoms with Crippen molar-refractivity contribution in [2.45, 2.75) is 32.2 Å². The van der Waals surface area contributed by atoms with Crippen molar-refractivity contribution in [3.8, 4) is 5.75 Å². The minimum Gasteiger partial charge on any atom is -0.481 e. The van der Waals surface area contributed by atoms with E-state index in [1.54, 1.807) is 13.8 Å². The van der Waals surface area contributed by atoms with E-state index in [9.17, 15) is 13.8 Å². The summed E-state index contributed by atoms with van der Waals surface area (Å²) in [5.74, 6) is -0.155. The molecule has 0 bridgehead atoms. The standard InChI is InChI=1S/C18H20N2O5S/c1-3-24-18(22)14-15(25-11-13-7-5-4-6-8-13)17(21)20-9-10-26(23)12(2)16(20)19-14/h4-8,12H,3,9-11H2,1-2H3. The molecule has 26 heavy (non-hydrogen) atoms. The molecule has 0 amide bonds. The predicted molar refractivity (Wildman–Crippen MR) is 96.7 cm³/mol. The Kier molecular flexibility index (Phi) is 5.51. The number of fused-ring (bicyclic) bond motifs is 1. The van der Waals surface area contributed by atoms with Gasteiger partial charge in [-0.25, -0.2) is 9.78 Å². The van der Waals surface area contributed by atoms with Gasteiger partial charge < -0.3 is 9.47 Å². The number of hydrogen-bond donors (Lipinski definition) is 0. The first-order valence-corrected chi connectivity index (χ1v) is 9.77. The monoisotopic (exact) mass is 376 g/mol. The molecule has 2 unspecified atom stereocenters. The first-order valence-electron chi connectivity index (χ1n) is 8.38. The number of nitrogens with zero attached hydrogens (tertiary/aromatic N) is 2. The molecule has 0 saturated heterocycles. The topological polar surface area (TPSA) is 87.5 Å². The summed E-state index contributed by atoms with van der Waals surface area (Å²) >= 11 is 0. The maximum absolute atomic E-state index is 12.9. The summed E-state index contributed by atoms with van der Waals surface area (Å²) < 4.78 is 24.2. The fraction of sp³-hybridized carbons (Fsp3) is 0.389. The Morgan fingerprint density at radius 3 is 2.77 bits per heavy atom. The summed E-state index contributed by atoms with van der Waals surface area (Å²) in [7, 11) is -1.14. The van der Waals surface area contributed by atoms with Gasteiger partial charge in [0.15, 0.2) is 5.69 Å². The van der Waals surface area contributed by atoms with E-state index in [0.717, 1.165) is 5.56 Å². The maximum atomic E-state index is 12.9. The van der Waals surface area contributed by atoms with E-state index in [1.807, 2.05) is 30.3 Å². The number of hydrogen-bond acceptors (Lipinski definition) is 6. The number of aromatic nitrogens is 2. The highest BCUT2D eigenvalue weighted by Crippen LogP contribution is 2.25. The van der Waals surface area contributed by atoms with Gasteiger partial charge in [-0.3, -0.25) is 13.6 Å². The highest BCUT2D eigenvalue weighted by molar-refractivity contribution is 7.85. The first-order chi connectivity index (χ1) is 12.5. The smallest absolute Gasteiger partial charge is 0.361 e. The molecule has 2 aromatic rings. The van der Waals surface area contributed by atoms with Crippen LogP contribution in [0.5, 0.6) is 5.75 Å². The fourth-order valence-electron chi connectivity index (χ4n) is 2.75. The van der Waals surface area contributed by atoms with Gasteiger partial charge in [-0.1, -0.05) is 30.3 Å². The minimum atomic E-state index is -1.14. The van der Waals surface area contributed by atoms with Crippen LogP contribution in [-0.2, 0) is 28.7 Å². The van der Waals surface area contributed by atoms with E-state index < -0.39 is 27.6 Å². The molecule has 2 heterocycles. The third-order valence-electron chi connectivity index (χ3n) is 4.13. The van der Waals surface area contributed by atoms with Crippen LogP contribution in [0.2, 0.25) is 0 Å². The van der Waals surface area contributed by atoms with Crippen LogP contribution in [0.25, 0.3) is 0 Å². The average Bonchev–Trinajstić information content (AvgIpc) is 2.65. The van der Waals surface area contributed by atoms with Gasteiger partial charge in [0.2, 0.25) is 5.75 Å². The molecule has 8 heteroatoms. The normalized spacial score (nSPS) is 18.8. The lowest BCUT2D eigenvalue weighted by Crippen LogP contribution is -2.36. The van der Waals surface area contributed by atoms with Crippen molar-refractivity contribution in [2.24, 2.45) is 0 Å². The summed E-state index contributed by atoms with van der Waals surface area (Å²) in [6, 6.07) is 9.32. The van der Waals surface area contributed by atoms with Crippen LogP contribution >= 0.6 is 0 Å². The van der Waals surface area contributed by atoms with E-state index in [1.165, 1.54) is 4.57 Å². The molecule has 0 N–H and O–H groups in total. The van der Waals surface area contributed by atoms with Gasteiger partial charge in [-0.15, -0.1) is 0 Å². The number of ether oxygens (including phenoxy) is 2. The molecule has 0 fully saturated rings. The second-order valence-electron chi connectivity index (χ2n) is 5.83. The Balaban J connectivity index is 2.04. The summed E-state index contributed by atoms with van der Waals surface area (Å²) in [5, 5.41) is -0.437. The van der Waals surface area contributed by atoms with Crippen LogP contribution in [-0.4, -0.2) is 32.1 Å². The van der Waals surface area contributed by atoms with Crippen LogP contribution in [0.15, 0.2) is 35.1 Å². The Morgan fingerprint density at radius 2 is 2.08 bits per heavy atom. The number of carbonyl (C=O) groups excluding carboxylic acids is 1. The van der Waals surface area contributed by atoms with Gasteiger partial charge in [0.25, 0.3) is 5.56 Å². The molecular weight excluding hydrogens is 356 g/mol. The summed E-state index contributed by atoms with van der Waals surface area (Å²) in [6.07, 6.45) is 0. The van der Waals surface area contributed by atoms with Crippen molar-refractivity contribution in [2.75, 3.05) is 12.4 Å². The van der Waals surface area contributed by atoms with Crippen LogP contribution in [0, 0.1) is 0 Å². The average molecular weight is 376 g/mol. The van der Waals surface area contributed by atoms with Crippen molar-refractivity contribution in [3.63, 3.8) is 0 Å². The van der Waals surface area contributed by atoms with Crippen LogP contribution < -0.4 is 10.3 Å². The van der Waals surface area contributed by atoms with E-state index in [2.05, 4.69) is 4.98 Å². The van der Waals surface area contributed by atoms with Crippen molar-refractivity contribution in [3.05, 3.63) is 57.8 Å². The van der Waals surface area contributed by atoms with Crippen LogP contribution in [0.4, 0.5) is 0 Å². The van der Waals surface area contributed by atoms with Gasteiger partial charge in [-0.05, 0) is 19.4 Å². The predicted octanol–water partition coefficient (Wildman–Crippen LogP) is 1.82. The van der Waals surface area contributed by atoms with Gasteiger partial charge in [0.1, 0.15) is 12.4 Å². The van der Waals surface area contributed by atoms with Gasteiger partial charge in [-0.2, -0.15) is 0 Å². The van der Waals surface area contributed by atoms with Gasteiger partial charge in [0.05, 0.1) is 11.9 Å². The number of carbonyl (C=O) groups is 1. The highest BCUT2D eigenvalue weighted by Gasteiger charge is 2.31. The Labute approximate surface area is 153 Å². The number of rotatable bonds is 5. The van der Waals surface area contributed by atoms with Gasteiger partial charge >= 0.3 is 5.97 Å². The molecule has 0 saturated carbocycles.